The molecular weight excluding hydrogens is 312 g/mol. The van der Waals surface area contributed by atoms with E-state index in [1.165, 1.54) is 12.7 Å². The smallest absolute Gasteiger partial charge is 0.167 e. The van der Waals surface area contributed by atoms with Gasteiger partial charge in [0, 0.05) is 6.54 Å². The van der Waals surface area contributed by atoms with Crippen molar-refractivity contribution < 1.29 is 14.9 Å². The van der Waals surface area contributed by atoms with Gasteiger partial charge in [0.2, 0.25) is 0 Å². The van der Waals surface area contributed by atoms with Gasteiger partial charge in [-0.1, -0.05) is 13.3 Å². The van der Waals surface area contributed by atoms with Crippen LogP contribution in [-0.4, -0.2) is 73.1 Å². The SMILES string of the molecule is CCCCN(C)CC1OC(n2cnc3c(N)ncnc32)[C@H](O)[C@@H]1O. The summed E-state index contributed by atoms with van der Waals surface area (Å²) < 4.78 is 7.50. The van der Waals surface area contributed by atoms with Gasteiger partial charge in [0.1, 0.15) is 30.2 Å². The van der Waals surface area contributed by atoms with Crippen LogP contribution in [0.15, 0.2) is 12.7 Å². The van der Waals surface area contributed by atoms with Gasteiger partial charge < -0.3 is 25.6 Å². The predicted molar refractivity (Wildman–Crippen MR) is 88.1 cm³/mol. The average Bonchev–Trinajstić information content (AvgIpc) is 3.10. The molecule has 2 aromatic rings. The average molecular weight is 336 g/mol. The number of hydrogen-bond donors (Lipinski definition) is 3. The number of anilines is 1. The van der Waals surface area contributed by atoms with Crippen LogP contribution in [0.1, 0.15) is 26.0 Å². The van der Waals surface area contributed by atoms with E-state index in [9.17, 15) is 10.2 Å². The summed E-state index contributed by atoms with van der Waals surface area (Å²) in [6, 6.07) is 0. The van der Waals surface area contributed by atoms with Crippen LogP contribution in [0.2, 0.25) is 0 Å². The minimum absolute atomic E-state index is 0.266. The summed E-state index contributed by atoms with van der Waals surface area (Å²) in [4.78, 5) is 14.3. The molecule has 4 N–H and O–H groups in total. The van der Waals surface area contributed by atoms with E-state index in [0.29, 0.717) is 17.7 Å². The van der Waals surface area contributed by atoms with Crippen LogP contribution in [0.4, 0.5) is 5.82 Å². The maximum Gasteiger partial charge on any atom is 0.167 e. The number of unbranched alkanes of at least 4 members (excludes halogenated alkanes) is 1. The Bertz CT molecular complexity index is 693. The van der Waals surface area contributed by atoms with Gasteiger partial charge >= 0.3 is 0 Å². The molecule has 2 unspecified atom stereocenters. The second kappa shape index (κ2) is 6.98. The number of aliphatic hydroxyl groups excluding tert-OH is 2. The number of nitrogen functional groups attached to an aromatic ring is 1. The van der Waals surface area contributed by atoms with Crippen LogP contribution in [0, 0.1) is 0 Å². The molecule has 0 saturated carbocycles. The molecule has 0 bridgehead atoms. The first-order valence-corrected chi connectivity index (χ1v) is 8.16. The Morgan fingerprint density at radius 1 is 1.29 bits per heavy atom. The van der Waals surface area contributed by atoms with E-state index in [-0.39, 0.29) is 5.82 Å². The lowest BCUT2D eigenvalue weighted by Crippen LogP contribution is -2.38. The molecule has 0 aliphatic carbocycles. The van der Waals surface area contributed by atoms with Gasteiger partial charge in [0.25, 0.3) is 0 Å². The highest BCUT2D eigenvalue weighted by atomic mass is 16.6. The number of fused-ring (bicyclic) bond motifs is 1. The van der Waals surface area contributed by atoms with E-state index < -0.39 is 24.5 Å². The molecule has 9 nitrogen and oxygen atoms in total. The largest absolute Gasteiger partial charge is 0.387 e. The molecule has 0 aromatic carbocycles. The fourth-order valence-corrected chi connectivity index (χ4v) is 2.99. The number of imidazole rings is 1. The molecule has 3 rings (SSSR count). The van der Waals surface area contributed by atoms with E-state index in [1.807, 2.05) is 7.05 Å². The summed E-state index contributed by atoms with van der Waals surface area (Å²) in [7, 11) is 1.98. The number of nitrogens with zero attached hydrogens (tertiary/aromatic N) is 5. The minimum atomic E-state index is -1.07. The highest BCUT2D eigenvalue weighted by Crippen LogP contribution is 2.32. The molecule has 24 heavy (non-hydrogen) atoms. The van der Waals surface area contributed by atoms with Crippen LogP contribution < -0.4 is 5.73 Å². The first-order chi connectivity index (χ1) is 11.5. The summed E-state index contributed by atoms with van der Waals surface area (Å²) in [5, 5.41) is 20.7. The molecule has 9 heteroatoms. The Labute approximate surface area is 140 Å². The van der Waals surface area contributed by atoms with Crippen LogP contribution in [0.3, 0.4) is 0 Å². The van der Waals surface area contributed by atoms with Crippen LogP contribution >= 0.6 is 0 Å². The van der Waals surface area contributed by atoms with Gasteiger partial charge in [-0.15, -0.1) is 0 Å². The third-order valence-corrected chi connectivity index (χ3v) is 4.38. The fourth-order valence-electron chi connectivity index (χ4n) is 2.99. The normalized spacial score (nSPS) is 27.4. The Balaban J connectivity index is 1.78. The highest BCUT2D eigenvalue weighted by molar-refractivity contribution is 5.81. The monoisotopic (exact) mass is 336 g/mol. The maximum atomic E-state index is 10.4. The molecule has 1 saturated heterocycles. The molecule has 4 atom stereocenters. The summed E-state index contributed by atoms with van der Waals surface area (Å²) in [6.07, 6.45) is 1.73. The van der Waals surface area contributed by atoms with Crippen LogP contribution in [0.25, 0.3) is 11.2 Å². The van der Waals surface area contributed by atoms with Gasteiger partial charge in [-0.3, -0.25) is 4.57 Å². The first kappa shape index (κ1) is 17.0. The van der Waals surface area contributed by atoms with Gasteiger partial charge in [0.15, 0.2) is 17.7 Å². The standard InChI is InChI=1S/C15H24N6O3/c1-3-4-5-20(2)6-9-11(22)12(23)15(24-9)21-8-19-10-13(16)17-7-18-14(10)21/h7-9,11-12,15,22-23H,3-6H2,1-2H3,(H2,16,17,18)/t9?,11-,12-,15?/m1/s1. The van der Waals surface area contributed by atoms with Crippen molar-refractivity contribution >= 4 is 17.0 Å². The van der Waals surface area contributed by atoms with Crippen LogP contribution in [-0.2, 0) is 4.74 Å². The van der Waals surface area contributed by atoms with Crippen molar-refractivity contribution in [3.05, 3.63) is 12.7 Å². The van der Waals surface area contributed by atoms with E-state index in [4.69, 9.17) is 10.5 Å². The third kappa shape index (κ3) is 3.07. The lowest BCUT2D eigenvalue weighted by atomic mass is 10.1. The number of likely N-dealkylation sites (N-methyl/N-ethyl adjacent to an activating group) is 1. The third-order valence-electron chi connectivity index (χ3n) is 4.38. The first-order valence-electron chi connectivity index (χ1n) is 8.16. The number of rotatable bonds is 6. The zero-order valence-electron chi connectivity index (χ0n) is 13.9. The van der Waals surface area contributed by atoms with Gasteiger partial charge in [0.05, 0.1) is 6.33 Å². The van der Waals surface area contributed by atoms with Gasteiger partial charge in [-0.05, 0) is 20.0 Å². The Kier molecular flexibility index (Phi) is 4.95. The number of nitrogens with two attached hydrogens (primary N) is 1. The Morgan fingerprint density at radius 2 is 2.08 bits per heavy atom. The second-order valence-corrected chi connectivity index (χ2v) is 6.25. The lowest BCUT2D eigenvalue weighted by molar-refractivity contribution is -0.0422. The second-order valence-electron chi connectivity index (χ2n) is 6.25. The van der Waals surface area contributed by atoms with E-state index in [1.54, 1.807) is 4.57 Å². The summed E-state index contributed by atoms with van der Waals surface area (Å²) in [6.45, 7) is 3.59. The lowest BCUT2D eigenvalue weighted by Gasteiger charge is -2.22. The molecule has 1 fully saturated rings. The topological polar surface area (TPSA) is 123 Å². The molecular formula is C15H24N6O3. The van der Waals surface area contributed by atoms with Crippen molar-refractivity contribution in [3.8, 4) is 0 Å². The van der Waals surface area contributed by atoms with Crippen molar-refractivity contribution in [1.82, 2.24) is 24.4 Å². The number of ether oxygens (including phenoxy) is 1. The summed E-state index contributed by atoms with van der Waals surface area (Å²) >= 11 is 0. The molecule has 0 amide bonds. The van der Waals surface area contributed by atoms with E-state index >= 15 is 0 Å². The zero-order valence-corrected chi connectivity index (χ0v) is 13.9. The van der Waals surface area contributed by atoms with Crippen molar-refractivity contribution in [2.24, 2.45) is 0 Å². The number of aromatic nitrogens is 4. The van der Waals surface area contributed by atoms with Crippen molar-refractivity contribution in [2.75, 3.05) is 25.9 Å². The van der Waals surface area contributed by atoms with Crippen molar-refractivity contribution in [1.29, 1.82) is 0 Å². The molecule has 0 radical (unpaired) electrons. The zero-order chi connectivity index (χ0) is 17.3. The Hall–Kier alpha value is -1.81. The molecule has 1 aliphatic heterocycles. The summed E-state index contributed by atoms with van der Waals surface area (Å²) in [5.74, 6) is 0.266. The van der Waals surface area contributed by atoms with E-state index in [2.05, 4.69) is 26.8 Å². The molecule has 3 heterocycles. The predicted octanol–water partition coefficient (Wildman–Crippen LogP) is -0.240. The quantitative estimate of drug-likeness (QED) is 0.660. The van der Waals surface area contributed by atoms with Gasteiger partial charge in [-0.2, -0.15) is 0 Å². The summed E-state index contributed by atoms with van der Waals surface area (Å²) in [5.41, 5.74) is 6.70. The van der Waals surface area contributed by atoms with Gasteiger partial charge in [-0.25, -0.2) is 15.0 Å². The molecule has 132 valence electrons. The van der Waals surface area contributed by atoms with Crippen LogP contribution in [0.5, 0.6) is 0 Å². The maximum absolute atomic E-state index is 10.4. The Morgan fingerprint density at radius 3 is 2.83 bits per heavy atom. The van der Waals surface area contributed by atoms with E-state index in [0.717, 1.165) is 19.4 Å². The highest BCUT2D eigenvalue weighted by Gasteiger charge is 2.44. The van der Waals surface area contributed by atoms with Crippen molar-refractivity contribution in [2.45, 2.75) is 44.3 Å². The number of hydrogen-bond acceptors (Lipinski definition) is 8. The molecule has 0 spiro atoms. The molecule has 2 aromatic heterocycles. The number of aliphatic hydroxyl groups is 2. The van der Waals surface area contributed by atoms with Crippen molar-refractivity contribution in [3.63, 3.8) is 0 Å². The fraction of sp³-hybridized carbons (Fsp3) is 0.667. The minimum Gasteiger partial charge on any atom is -0.387 e. The molecule has 1 aliphatic rings.